The van der Waals surface area contributed by atoms with E-state index in [9.17, 15) is 14.0 Å². The van der Waals surface area contributed by atoms with Crippen molar-refractivity contribution in [3.63, 3.8) is 0 Å². The number of halogens is 1. The van der Waals surface area contributed by atoms with Crippen LogP contribution in [-0.4, -0.2) is 42.0 Å². The Bertz CT molecular complexity index is 935. The molecule has 4 rings (SSSR count). The molecular weight excluding hydrogens is 357 g/mol. The van der Waals surface area contributed by atoms with Crippen molar-refractivity contribution in [2.75, 3.05) is 24.5 Å². The maximum atomic E-state index is 14.0. The molecule has 2 aromatic rings. The average Bonchev–Trinajstić information content (AvgIpc) is 2.69. The highest BCUT2D eigenvalue weighted by Crippen LogP contribution is 2.37. The van der Waals surface area contributed by atoms with Gasteiger partial charge in [0.2, 0.25) is 0 Å². The summed E-state index contributed by atoms with van der Waals surface area (Å²) < 4.78 is 14.0. The highest BCUT2D eigenvalue weighted by Gasteiger charge is 2.45. The maximum Gasteiger partial charge on any atom is 0.256 e. The van der Waals surface area contributed by atoms with Crippen molar-refractivity contribution in [2.24, 2.45) is 0 Å². The van der Waals surface area contributed by atoms with Crippen LogP contribution in [0.15, 0.2) is 42.5 Å². The van der Waals surface area contributed by atoms with E-state index in [1.165, 1.54) is 12.1 Å². The summed E-state index contributed by atoms with van der Waals surface area (Å²) in [5.74, 6) is -0.871. The Morgan fingerprint density at radius 3 is 2.57 bits per heavy atom. The fourth-order valence-electron chi connectivity index (χ4n) is 4.40. The number of carbonyl (C=O) groups excluding carboxylic acids is 2. The fourth-order valence-corrected chi connectivity index (χ4v) is 4.40. The summed E-state index contributed by atoms with van der Waals surface area (Å²) in [7, 11) is 0. The number of nitrogens with zero attached hydrogens (tertiary/aromatic N) is 2. The minimum Gasteiger partial charge on any atom is -0.348 e. The number of fused-ring (bicyclic) bond motifs is 1. The van der Waals surface area contributed by atoms with Crippen LogP contribution in [0, 0.1) is 12.7 Å². The van der Waals surface area contributed by atoms with Gasteiger partial charge in [-0.15, -0.1) is 0 Å². The molecule has 2 aromatic carbocycles. The molecule has 1 fully saturated rings. The van der Waals surface area contributed by atoms with Crippen LogP contribution in [0.3, 0.4) is 0 Å². The van der Waals surface area contributed by atoms with Crippen molar-refractivity contribution in [1.82, 2.24) is 10.2 Å². The summed E-state index contributed by atoms with van der Waals surface area (Å²) >= 11 is 0. The number of hydrogen-bond acceptors (Lipinski definition) is 3. The average molecular weight is 381 g/mol. The number of carbonyl (C=O) groups is 2. The van der Waals surface area contributed by atoms with Gasteiger partial charge in [-0.25, -0.2) is 4.39 Å². The first-order valence-corrected chi connectivity index (χ1v) is 9.70. The molecule has 6 heteroatoms. The van der Waals surface area contributed by atoms with E-state index in [-0.39, 0.29) is 17.4 Å². The predicted molar refractivity (Wildman–Crippen MR) is 106 cm³/mol. The Labute approximate surface area is 164 Å². The molecule has 1 N–H and O–H groups in total. The largest absolute Gasteiger partial charge is 0.348 e. The summed E-state index contributed by atoms with van der Waals surface area (Å²) in [5.41, 5.74) is 2.26. The van der Waals surface area contributed by atoms with Gasteiger partial charge in [0.15, 0.2) is 0 Å². The highest BCUT2D eigenvalue weighted by molar-refractivity contribution is 6.03. The molecule has 0 saturated carbocycles. The van der Waals surface area contributed by atoms with E-state index in [1.807, 2.05) is 25.1 Å². The smallest absolute Gasteiger partial charge is 0.256 e. The molecule has 2 heterocycles. The standard InChI is InChI=1S/C22H24FN3O2/c1-3-26-19-9-8-15(2)14-17(19)20(27)24-22(26)10-12-25(13-11-22)21(28)16-6-4-5-7-18(16)23/h4-9,14H,3,10-13H2,1-2H3,(H,24,27). The van der Waals surface area contributed by atoms with Gasteiger partial charge in [0, 0.05) is 32.5 Å². The second kappa shape index (κ2) is 6.93. The van der Waals surface area contributed by atoms with Crippen LogP contribution in [-0.2, 0) is 0 Å². The number of aryl methyl sites for hydroxylation is 1. The quantitative estimate of drug-likeness (QED) is 0.868. The van der Waals surface area contributed by atoms with Gasteiger partial charge in [-0.3, -0.25) is 9.59 Å². The van der Waals surface area contributed by atoms with Crippen LogP contribution >= 0.6 is 0 Å². The SMILES string of the molecule is CCN1c2ccc(C)cc2C(=O)NC12CCN(C(=O)c1ccccc1F)CC2. The van der Waals surface area contributed by atoms with Crippen LogP contribution < -0.4 is 10.2 Å². The lowest BCUT2D eigenvalue weighted by molar-refractivity contribution is 0.0600. The van der Waals surface area contributed by atoms with Gasteiger partial charge < -0.3 is 15.1 Å². The van der Waals surface area contributed by atoms with Crippen molar-refractivity contribution in [3.05, 3.63) is 65.0 Å². The molecule has 28 heavy (non-hydrogen) atoms. The molecule has 0 atom stereocenters. The summed E-state index contributed by atoms with van der Waals surface area (Å²) in [5, 5.41) is 3.20. The summed E-state index contributed by atoms with van der Waals surface area (Å²) in [6.07, 6.45) is 1.19. The Morgan fingerprint density at radius 1 is 1.18 bits per heavy atom. The summed E-state index contributed by atoms with van der Waals surface area (Å²) in [6, 6.07) is 12.0. The predicted octanol–water partition coefficient (Wildman–Crippen LogP) is 3.34. The zero-order valence-electron chi connectivity index (χ0n) is 16.2. The number of piperidine rings is 1. The Balaban J connectivity index is 1.58. The first-order chi connectivity index (χ1) is 13.4. The van der Waals surface area contributed by atoms with E-state index in [0.717, 1.165) is 17.8 Å². The lowest BCUT2D eigenvalue weighted by atomic mass is 9.89. The molecule has 0 radical (unpaired) electrons. The number of amides is 2. The number of benzene rings is 2. The van der Waals surface area contributed by atoms with Crippen LogP contribution in [0.4, 0.5) is 10.1 Å². The van der Waals surface area contributed by atoms with Gasteiger partial charge in [-0.2, -0.15) is 0 Å². The molecule has 5 nitrogen and oxygen atoms in total. The first kappa shape index (κ1) is 18.5. The van der Waals surface area contributed by atoms with E-state index in [4.69, 9.17) is 0 Å². The second-order valence-corrected chi connectivity index (χ2v) is 7.52. The molecule has 1 saturated heterocycles. The zero-order valence-corrected chi connectivity index (χ0v) is 16.2. The van der Waals surface area contributed by atoms with E-state index in [2.05, 4.69) is 17.1 Å². The van der Waals surface area contributed by atoms with Crippen molar-refractivity contribution in [2.45, 2.75) is 32.4 Å². The lowest BCUT2D eigenvalue weighted by Crippen LogP contribution is -2.68. The normalized spacial score (nSPS) is 18.0. The van der Waals surface area contributed by atoms with Crippen LogP contribution in [0.1, 0.15) is 46.0 Å². The third-order valence-electron chi connectivity index (χ3n) is 5.85. The molecule has 2 aliphatic rings. The zero-order chi connectivity index (χ0) is 19.9. The number of hydrogen-bond donors (Lipinski definition) is 1. The molecule has 1 spiro atoms. The molecule has 0 aliphatic carbocycles. The molecule has 0 unspecified atom stereocenters. The van der Waals surface area contributed by atoms with Gasteiger partial charge in [0.25, 0.3) is 11.8 Å². The number of nitrogens with one attached hydrogen (secondary N) is 1. The first-order valence-electron chi connectivity index (χ1n) is 9.70. The summed E-state index contributed by atoms with van der Waals surface area (Å²) in [4.78, 5) is 29.4. The Hall–Kier alpha value is -2.89. The van der Waals surface area contributed by atoms with Crippen molar-refractivity contribution in [3.8, 4) is 0 Å². The van der Waals surface area contributed by atoms with Gasteiger partial charge in [-0.05, 0) is 38.1 Å². The number of rotatable bonds is 2. The van der Waals surface area contributed by atoms with Crippen LogP contribution in [0.2, 0.25) is 0 Å². The minimum absolute atomic E-state index is 0.0720. The second-order valence-electron chi connectivity index (χ2n) is 7.52. The topological polar surface area (TPSA) is 52.7 Å². The summed E-state index contributed by atoms with van der Waals surface area (Å²) in [6.45, 7) is 5.72. The van der Waals surface area contributed by atoms with E-state index in [1.54, 1.807) is 17.0 Å². The van der Waals surface area contributed by atoms with Gasteiger partial charge >= 0.3 is 0 Å². The molecule has 146 valence electrons. The Morgan fingerprint density at radius 2 is 1.89 bits per heavy atom. The van der Waals surface area contributed by atoms with Crippen molar-refractivity contribution >= 4 is 17.5 Å². The lowest BCUT2D eigenvalue weighted by Gasteiger charge is -2.52. The van der Waals surface area contributed by atoms with Crippen molar-refractivity contribution in [1.29, 1.82) is 0 Å². The van der Waals surface area contributed by atoms with Crippen LogP contribution in [0.25, 0.3) is 0 Å². The minimum atomic E-state index is -0.514. The monoisotopic (exact) mass is 381 g/mol. The van der Waals surface area contributed by atoms with Crippen molar-refractivity contribution < 1.29 is 14.0 Å². The van der Waals surface area contributed by atoms with Gasteiger partial charge in [-0.1, -0.05) is 23.8 Å². The molecule has 0 aromatic heterocycles. The molecule has 2 amide bonds. The van der Waals surface area contributed by atoms with Gasteiger partial charge in [0.05, 0.1) is 16.8 Å². The highest BCUT2D eigenvalue weighted by atomic mass is 19.1. The number of anilines is 1. The molecular formula is C22H24FN3O2. The Kier molecular flexibility index (Phi) is 4.57. The van der Waals surface area contributed by atoms with Crippen LogP contribution in [0.5, 0.6) is 0 Å². The third-order valence-corrected chi connectivity index (χ3v) is 5.85. The fraction of sp³-hybridized carbons (Fsp3) is 0.364. The third kappa shape index (κ3) is 2.93. The van der Waals surface area contributed by atoms with E-state index in [0.29, 0.717) is 31.5 Å². The maximum absolute atomic E-state index is 14.0. The molecule has 2 aliphatic heterocycles. The van der Waals surface area contributed by atoms with Gasteiger partial charge in [0.1, 0.15) is 11.5 Å². The number of likely N-dealkylation sites (tertiary alicyclic amines) is 1. The molecule has 0 bridgehead atoms. The van der Waals surface area contributed by atoms with E-state index >= 15 is 0 Å². The van der Waals surface area contributed by atoms with E-state index < -0.39 is 11.5 Å².